The van der Waals surface area contributed by atoms with Gasteiger partial charge in [-0.1, -0.05) is 11.3 Å². The van der Waals surface area contributed by atoms with Crippen molar-refractivity contribution in [3.63, 3.8) is 0 Å². The molecule has 0 aromatic carbocycles. The zero-order valence-electron chi connectivity index (χ0n) is 9.27. The van der Waals surface area contributed by atoms with Crippen LogP contribution in [0.15, 0.2) is 22.4 Å². The lowest BCUT2D eigenvalue weighted by atomic mass is 10.2. The number of aromatic nitrogens is 2. The third-order valence-electron chi connectivity index (χ3n) is 2.23. The van der Waals surface area contributed by atoms with Crippen molar-refractivity contribution in [2.75, 3.05) is 11.1 Å². The molecule has 2 heterocycles. The second kappa shape index (κ2) is 4.88. The van der Waals surface area contributed by atoms with E-state index in [1.165, 1.54) is 12.3 Å². The normalized spacial score (nSPS) is 10.2. The molecule has 0 saturated heterocycles. The predicted octanol–water partition coefficient (Wildman–Crippen LogP) is 0.125. The summed E-state index contributed by atoms with van der Waals surface area (Å²) in [6, 6.07) is 1.47. The zero-order chi connectivity index (χ0) is 13.1. The molecule has 2 aromatic heterocycles. The van der Waals surface area contributed by atoms with Crippen LogP contribution in [0.25, 0.3) is 0 Å². The van der Waals surface area contributed by atoms with Crippen molar-refractivity contribution in [3.05, 3.63) is 38.6 Å². The van der Waals surface area contributed by atoms with Gasteiger partial charge in [0.05, 0.1) is 24.0 Å². The van der Waals surface area contributed by atoms with Gasteiger partial charge in [-0.15, -0.1) is 0 Å². The van der Waals surface area contributed by atoms with Crippen molar-refractivity contribution in [1.82, 2.24) is 9.97 Å². The van der Waals surface area contributed by atoms with Crippen LogP contribution in [0.1, 0.15) is 16.1 Å². The number of thiazole rings is 1. The summed E-state index contributed by atoms with van der Waals surface area (Å²) in [4.78, 5) is 28.6. The second-order valence-corrected chi connectivity index (χ2v) is 4.39. The van der Waals surface area contributed by atoms with Crippen LogP contribution in [0.5, 0.6) is 0 Å². The number of nitrogen functional groups attached to an aromatic ring is 1. The molecule has 7 nitrogen and oxygen atoms in total. The quantitative estimate of drug-likeness (QED) is 0.624. The monoisotopic (exact) mass is 265 g/mol. The number of H-pyrrole nitrogens is 1. The topological polar surface area (TPSA) is 127 Å². The maximum absolute atomic E-state index is 11.1. The number of anilines is 2. The van der Waals surface area contributed by atoms with Gasteiger partial charge in [-0.25, -0.2) is 4.98 Å². The molecule has 18 heavy (non-hydrogen) atoms. The van der Waals surface area contributed by atoms with Gasteiger partial charge in [-0.2, -0.15) is 0 Å². The molecule has 0 saturated carbocycles. The van der Waals surface area contributed by atoms with E-state index in [1.807, 2.05) is 0 Å². The smallest absolute Gasteiger partial charge is 0.304 e. The molecule has 0 bridgehead atoms. The van der Waals surface area contributed by atoms with Crippen LogP contribution in [-0.2, 0) is 6.54 Å². The molecule has 0 atom stereocenters. The fourth-order valence-electron chi connectivity index (χ4n) is 1.36. The molecule has 0 aliphatic heterocycles. The summed E-state index contributed by atoms with van der Waals surface area (Å²) in [5, 5.41) is 4.67. The highest BCUT2D eigenvalue weighted by Crippen LogP contribution is 2.14. The summed E-state index contributed by atoms with van der Waals surface area (Å²) < 4.78 is 0. The Hall–Kier alpha value is -2.35. The van der Waals surface area contributed by atoms with Crippen molar-refractivity contribution in [2.24, 2.45) is 5.73 Å². The largest absolute Gasteiger partial charge is 0.397 e. The minimum atomic E-state index is -0.609. The van der Waals surface area contributed by atoms with Gasteiger partial charge in [0.1, 0.15) is 5.82 Å². The Labute approximate surface area is 106 Å². The van der Waals surface area contributed by atoms with E-state index in [-0.39, 0.29) is 16.1 Å². The fraction of sp³-hybridized carbons (Fsp3) is 0.100. The lowest BCUT2D eigenvalue weighted by Crippen LogP contribution is -2.14. The van der Waals surface area contributed by atoms with Crippen LogP contribution in [0, 0.1) is 0 Å². The summed E-state index contributed by atoms with van der Waals surface area (Å²) >= 11 is 1.08. The zero-order valence-corrected chi connectivity index (χ0v) is 10.1. The predicted molar refractivity (Wildman–Crippen MR) is 69.4 cm³/mol. The number of primary amides is 1. The highest BCUT2D eigenvalue weighted by atomic mass is 32.1. The Bertz CT molecular complexity index is 633. The third kappa shape index (κ3) is 2.66. The van der Waals surface area contributed by atoms with E-state index in [1.54, 1.807) is 5.38 Å². The number of hydrogen-bond donors (Lipinski definition) is 4. The van der Waals surface area contributed by atoms with E-state index in [2.05, 4.69) is 15.3 Å². The van der Waals surface area contributed by atoms with Crippen molar-refractivity contribution in [3.8, 4) is 0 Å². The Morgan fingerprint density at radius 2 is 2.33 bits per heavy atom. The van der Waals surface area contributed by atoms with Crippen molar-refractivity contribution in [2.45, 2.75) is 6.54 Å². The van der Waals surface area contributed by atoms with E-state index in [9.17, 15) is 9.59 Å². The van der Waals surface area contributed by atoms with Gasteiger partial charge in [-0.3, -0.25) is 9.59 Å². The van der Waals surface area contributed by atoms with Gasteiger partial charge in [0.15, 0.2) is 0 Å². The van der Waals surface area contributed by atoms with E-state index < -0.39 is 5.91 Å². The average Bonchev–Trinajstić information content (AvgIpc) is 2.74. The molecule has 8 heteroatoms. The molecule has 0 aliphatic rings. The molecular formula is C10H11N5O2S. The number of rotatable bonds is 4. The van der Waals surface area contributed by atoms with E-state index in [0.717, 1.165) is 17.0 Å². The molecular weight excluding hydrogens is 254 g/mol. The van der Waals surface area contributed by atoms with Crippen LogP contribution in [-0.4, -0.2) is 15.9 Å². The van der Waals surface area contributed by atoms with E-state index >= 15 is 0 Å². The Morgan fingerprint density at radius 3 is 2.94 bits per heavy atom. The van der Waals surface area contributed by atoms with Gasteiger partial charge in [0.25, 0.3) is 5.91 Å². The number of nitrogens with two attached hydrogens (primary N) is 2. The van der Waals surface area contributed by atoms with Crippen LogP contribution >= 0.6 is 11.3 Å². The van der Waals surface area contributed by atoms with Gasteiger partial charge < -0.3 is 21.8 Å². The van der Waals surface area contributed by atoms with Crippen molar-refractivity contribution in [1.29, 1.82) is 0 Å². The van der Waals surface area contributed by atoms with Gasteiger partial charge in [-0.05, 0) is 6.07 Å². The second-order valence-electron chi connectivity index (χ2n) is 3.55. The molecule has 6 N–H and O–H groups in total. The lowest BCUT2D eigenvalue weighted by molar-refractivity contribution is 0.100. The number of hydrogen-bond acceptors (Lipinski definition) is 6. The Morgan fingerprint density at radius 1 is 1.56 bits per heavy atom. The first-order chi connectivity index (χ1) is 8.56. The molecule has 1 amide bonds. The summed E-state index contributed by atoms with van der Waals surface area (Å²) in [6.07, 6.45) is 1.36. The van der Waals surface area contributed by atoms with Crippen molar-refractivity contribution < 1.29 is 4.79 Å². The molecule has 2 rings (SSSR count). The number of nitrogens with zero attached hydrogens (tertiary/aromatic N) is 1. The number of carbonyl (C=O) groups is 1. The maximum atomic E-state index is 11.1. The third-order valence-corrected chi connectivity index (χ3v) is 2.95. The van der Waals surface area contributed by atoms with E-state index in [4.69, 9.17) is 11.5 Å². The van der Waals surface area contributed by atoms with Gasteiger partial charge in [0, 0.05) is 11.1 Å². The summed E-state index contributed by atoms with van der Waals surface area (Å²) in [7, 11) is 0. The number of aromatic amines is 1. The molecule has 2 aromatic rings. The van der Waals surface area contributed by atoms with Gasteiger partial charge >= 0.3 is 4.87 Å². The van der Waals surface area contributed by atoms with Crippen molar-refractivity contribution >= 4 is 28.7 Å². The first-order valence-corrected chi connectivity index (χ1v) is 5.90. The van der Waals surface area contributed by atoms with E-state index in [0.29, 0.717) is 12.4 Å². The Balaban J connectivity index is 2.12. The van der Waals surface area contributed by atoms with Crippen LogP contribution in [0.3, 0.4) is 0 Å². The number of carbonyl (C=O) groups excluding carboxylic acids is 1. The molecule has 94 valence electrons. The fourth-order valence-corrected chi connectivity index (χ4v) is 1.94. The van der Waals surface area contributed by atoms with Crippen LogP contribution in [0.4, 0.5) is 11.5 Å². The van der Waals surface area contributed by atoms with Crippen LogP contribution < -0.4 is 21.7 Å². The SMILES string of the molecule is NC(=O)c1cc(NCc2csc(=O)[nH]2)ncc1N. The summed E-state index contributed by atoms with van der Waals surface area (Å²) in [5.74, 6) is -0.146. The summed E-state index contributed by atoms with van der Waals surface area (Å²) in [6.45, 7) is 0.397. The molecule has 0 fully saturated rings. The Kier molecular flexibility index (Phi) is 3.28. The minimum Gasteiger partial charge on any atom is -0.397 e. The average molecular weight is 265 g/mol. The molecule has 0 radical (unpaired) electrons. The number of nitrogens with one attached hydrogen (secondary N) is 2. The highest BCUT2D eigenvalue weighted by molar-refractivity contribution is 7.07. The molecule has 0 spiro atoms. The number of pyridine rings is 1. The highest BCUT2D eigenvalue weighted by Gasteiger charge is 2.07. The standard InChI is InChI=1S/C10H11N5O2S/c11-7-3-14-8(1-6(7)9(12)16)13-2-5-4-18-10(17)15-5/h1,3-4H,2,11H2,(H2,12,16)(H,13,14)(H,15,17). The summed E-state index contributed by atoms with van der Waals surface area (Å²) in [5.41, 5.74) is 11.9. The first-order valence-electron chi connectivity index (χ1n) is 5.02. The first kappa shape index (κ1) is 12.1. The molecule has 0 unspecified atom stereocenters. The minimum absolute atomic E-state index is 0.116. The number of amides is 1. The maximum Gasteiger partial charge on any atom is 0.304 e. The van der Waals surface area contributed by atoms with Gasteiger partial charge in [0.2, 0.25) is 0 Å². The lowest BCUT2D eigenvalue weighted by Gasteiger charge is -2.06. The van der Waals surface area contributed by atoms with Crippen LogP contribution in [0.2, 0.25) is 0 Å². The molecule has 0 aliphatic carbocycles.